The van der Waals surface area contributed by atoms with Gasteiger partial charge in [0.1, 0.15) is 16.8 Å². The van der Waals surface area contributed by atoms with Crippen molar-refractivity contribution in [3.05, 3.63) is 98.3 Å². The van der Waals surface area contributed by atoms with Crippen LogP contribution in [0.1, 0.15) is 12.5 Å². The number of carbonyl (C=O) groups excluding carboxylic acids is 2. The molecule has 194 valence electrons. The normalized spacial score (nSPS) is 14.1. The number of benzene rings is 3. The fourth-order valence-electron chi connectivity index (χ4n) is 4.41. The number of para-hydroxylation sites is 1. The lowest BCUT2D eigenvalue weighted by molar-refractivity contribution is -0.118. The molecular formula is C28H20ClN5O4S. The molecule has 0 fully saturated rings. The summed E-state index contributed by atoms with van der Waals surface area (Å²) in [5.41, 5.74) is 2.22. The number of nitrogens with one attached hydrogen (secondary N) is 1. The summed E-state index contributed by atoms with van der Waals surface area (Å²) >= 11 is 7.06. The quantitative estimate of drug-likeness (QED) is 0.341. The first-order valence-electron chi connectivity index (χ1n) is 12.1. The highest BCUT2D eigenvalue weighted by Crippen LogP contribution is 2.35. The Bertz CT molecular complexity index is 1850. The summed E-state index contributed by atoms with van der Waals surface area (Å²) in [5, 5.41) is 7.76. The molecule has 3 heterocycles. The molecule has 1 aliphatic heterocycles. The largest absolute Gasteiger partial charge is 0.494 e. The molecule has 0 unspecified atom stereocenters. The summed E-state index contributed by atoms with van der Waals surface area (Å²) in [6, 6.07) is 21.1. The molecule has 6 rings (SSSR count). The molecule has 0 saturated heterocycles. The lowest BCUT2D eigenvalue weighted by Gasteiger charge is -2.16. The lowest BCUT2D eigenvalue weighted by atomic mass is 10.1. The Hall–Kier alpha value is -4.54. The second-order valence-corrected chi connectivity index (χ2v) is 10.1. The van der Waals surface area contributed by atoms with Crippen molar-refractivity contribution < 1.29 is 14.3 Å². The molecule has 1 aliphatic rings. The number of hydrogen-bond donors (Lipinski definition) is 1. The van der Waals surface area contributed by atoms with Crippen molar-refractivity contribution >= 4 is 56.7 Å². The van der Waals surface area contributed by atoms with Crippen molar-refractivity contribution in [2.24, 2.45) is 0 Å². The summed E-state index contributed by atoms with van der Waals surface area (Å²) in [6.45, 7) is 2.22. The maximum absolute atomic E-state index is 13.6. The zero-order valence-corrected chi connectivity index (χ0v) is 22.1. The maximum Gasteiger partial charge on any atom is 0.291 e. The molecule has 5 aromatic rings. The Balaban J connectivity index is 1.33. The van der Waals surface area contributed by atoms with E-state index in [1.807, 2.05) is 6.92 Å². The van der Waals surface area contributed by atoms with Crippen LogP contribution in [0.4, 0.5) is 11.4 Å². The van der Waals surface area contributed by atoms with Gasteiger partial charge in [-0.05, 0) is 61.5 Å². The number of aromatic nitrogens is 3. The fraction of sp³-hybridized carbons (Fsp3) is 0.107. The van der Waals surface area contributed by atoms with E-state index < -0.39 is 11.5 Å². The van der Waals surface area contributed by atoms with Gasteiger partial charge >= 0.3 is 0 Å². The van der Waals surface area contributed by atoms with Crippen molar-refractivity contribution in [3.63, 3.8) is 0 Å². The van der Waals surface area contributed by atoms with Gasteiger partial charge in [-0.2, -0.15) is 9.50 Å². The minimum absolute atomic E-state index is 0.220. The number of ether oxygens (including phenoxy) is 1. The highest BCUT2D eigenvalue weighted by molar-refractivity contribution is 7.15. The van der Waals surface area contributed by atoms with Crippen LogP contribution in [0.2, 0.25) is 5.02 Å². The molecule has 0 bridgehead atoms. The van der Waals surface area contributed by atoms with E-state index in [1.54, 1.807) is 72.8 Å². The number of rotatable bonds is 6. The summed E-state index contributed by atoms with van der Waals surface area (Å²) in [5.74, 6) is 0.278. The first-order chi connectivity index (χ1) is 18.9. The molecule has 0 aliphatic carbocycles. The molecular weight excluding hydrogens is 538 g/mol. The van der Waals surface area contributed by atoms with Gasteiger partial charge in [0.15, 0.2) is 5.82 Å². The number of carbonyl (C=O) groups is 2. The predicted molar refractivity (Wildman–Crippen MR) is 150 cm³/mol. The van der Waals surface area contributed by atoms with E-state index in [1.165, 1.54) is 9.42 Å². The van der Waals surface area contributed by atoms with Crippen LogP contribution in [0.5, 0.6) is 5.75 Å². The van der Waals surface area contributed by atoms with E-state index in [-0.39, 0.29) is 22.6 Å². The topological polar surface area (TPSA) is 106 Å². The van der Waals surface area contributed by atoms with Crippen LogP contribution in [0.25, 0.3) is 21.9 Å². The molecule has 1 N–H and O–H groups in total. The van der Waals surface area contributed by atoms with Gasteiger partial charge in [0, 0.05) is 21.8 Å². The Morgan fingerprint density at radius 1 is 1.03 bits per heavy atom. The second kappa shape index (κ2) is 9.97. The minimum Gasteiger partial charge on any atom is -0.494 e. The Kier molecular flexibility index (Phi) is 6.34. The Morgan fingerprint density at radius 2 is 1.77 bits per heavy atom. The average molecular weight is 558 g/mol. The van der Waals surface area contributed by atoms with Gasteiger partial charge in [-0.1, -0.05) is 41.1 Å². The predicted octanol–water partition coefficient (Wildman–Crippen LogP) is 3.77. The van der Waals surface area contributed by atoms with Gasteiger partial charge in [-0.25, -0.2) is 0 Å². The zero-order valence-electron chi connectivity index (χ0n) is 20.6. The number of hydrogen-bond acceptors (Lipinski definition) is 7. The number of anilines is 2. The van der Waals surface area contributed by atoms with E-state index in [4.69, 9.17) is 16.3 Å². The summed E-state index contributed by atoms with van der Waals surface area (Å²) in [6.07, 6.45) is 0. The van der Waals surface area contributed by atoms with E-state index in [0.717, 1.165) is 16.9 Å². The highest BCUT2D eigenvalue weighted by atomic mass is 35.5. The van der Waals surface area contributed by atoms with E-state index in [0.29, 0.717) is 45.1 Å². The van der Waals surface area contributed by atoms with Gasteiger partial charge in [-0.15, -0.1) is 5.10 Å². The summed E-state index contributed by atoms with van der Waals surface area (Å²) in [4.78, 5) is 46.2. The van der Waals surface area contributed by atoms with Crippen molar-refractivity contribution in [2.75, 3.05) is 23.4 Å². The second-order valence-electron chi connectivity index (χ2n) is 8.66. The fourth-order valence-corrected chi connectivity index (χ4v) is 5.53. The van der Waals surface area contributed by atoms with Crippen molar-refractivity contribution in [1.29, 1.82) is 0 Å². The van der Waals surface area contributed by atoms with Gasteiger partial charge in [0.25, 0.3) is 11.5 Å². The number of thiazole rings is 1. The number of fused-ring (bicyclic) bond motifs is 2. The number of amides is 2. The molecule has 0 radical (unpaired) electrons. The Morgan fingerprint density at radius 3 is 2.49 bits per heavy atom. The third kappa shape index (κ3) is 4.53. The molecule has 3 aromatic carbocycles. The first-order valence-corrected chi connectivity index (χ1v) is 13.3. The van der Waals surface area contributed by atoms with Gasteiger partial charge in [0.05, 0.1) is 17.9 Å². The SMILES string of the molecule is CCOc1ccc(NC(=O)CN2C(=O)C(=c3sc4nc(-c5ccc(Cl)cc5)nn4c3=O)c3ccccc32)cc1. The van der Waals surface area contributed by atoms with E-state index >= 15 is 0 Å². The monoisotopic (exact) mass is 557 g/mol. The van der Waals surface area contributed by atoms with E-state index in [2.05, 4.69) is 15.4 Å². The molecule has 39 heavy (non-hydrogen) atoms. The summed E-state index contributed by atoms with van der Waals surface area (Å²) in [7, 11) is 0. The Labute approximate surface area is 230 Å². The number of halogens is 1. The van der Waals surface area contributed by atoms with Crippen LogP contribution < -0.4 is 25.0 Å². The van der Waals surface area contributed by atoms with Crippen LogP contribution in [0.3, 0.4) is 0 Å². The number of nitrogens with zero attached hydrogens (tertiary/aromatic N) is 4. The van der Waals surface area contributed by atoms with Crippen LogP contribution in [0.15, 0.2) is 77.6 Å². The zero-order chi connectivity index (χ0) is 27.1. The molecule has 0 atom stereocenters. The summed E-state index contributed by atoms with van der Waals surface area (Å²) < 4.78 is 6.86. The third-order valence-electron chi connectivity index (χ3n) is 6.16. The molecule has 11 heteroatoms. The van der Waals surface area contributed by atoms with Gasteiger partial charge < -0.3 is 10.1 Å². The third-order valence-corrected chi connectivity index (χ3v) is 7.44. The lowest BCUT2D eigenvalue weighted by Crippen LogP contribution is -2.37. The van der Waals surface area contributed by atoms with Crippen molar-refractivity contribution in [2.45, 2.75) is 6.92 Å². The van der Waals surface area contributed by atoms with E-state index in [9.17, 15) is 14.4 Å². The molecule has 2 aromatic heterocycles. The van der Waals surface area contributed by atoms with Crippen LogP contribution in [-0.2, 0) is 9.59 Å². The smallest absolute Gasteiger partial charge is 0.291 e. The van der Waals surface area contributed by atoms with Gasteiger partial charge in [-0.3, -0.25) is 19.3 Å². The van der Waals surface area contributed by atoms with Crippen LogP contribution >= 0.6 is 22.9 Å². The molecule has 2 amide bonds. The highest BCUT2D eigenvalue weighted by Gasteiger charge is 2.35. The first kappa shape index (κ1) is 24.8. The van der Waals surface area contributed by atoms with Crippen LogP contribution in [0, 0.1) is 0 Å². The van der Waals surface area contributed by atoms with Crippen molar-refractivity contribution in [1.82, 2.24) is 14.6 Å². The van der Waals surface area contributed by atoms with Gasteiger partial charge in [0.2, 0.25) is 10.9 Å². The standard InChI is InChI=1S/C28H20ClN5O4S/c1-2-38-19-13-11-18(12-14-19)30-22(35)15-33-21-6-4-3-5-20(21)23(26(33)36)24-27(37)34-28(39-24)31-25(32-34)16-7-9-17(29)10-8-16/h3-14H,2,15H2,1H3,(H,30,35). The maximum atomic E-state index is 13.6. The molecule has 0 spiro atoms. The minimum atomic E-state index is -0.443. The molecule has 0 saturated carbocycles. The van der Waals surface area contributed by atoms with Crippen molar-refractivity contribution in [3.8, 4) is 17.1 Å². The molecule has 9 nitrogen and oxygen atoms in total. The van der Waals surface area contributed by atoms with Crippen LogP contribution in [-0.4, -0.2) is 39.6 Å². The average Bonchev–Trinajstić information content (AvgIpc) is 3.57.